The number of para-hydroxylation sites is 1. The first-order chi connectivity index (χ1) is 13.6. The predicted molar refractivity (Wildman–Crippen MR) is 101 cm³/mol. The fraction of sp³-hybridized carbons (Fsp3) is 0.0476. The van der Waals surface area contributed by atoms with Gasteiger partial charge in [0.05, 0.1) is 22.2 Å². The molecule has 4 aromatic rings. The molecule has 7 heteroatoms. The van der Waals surface area contributed by atoms with Gasteiger partial charge in [0, 0.05) is 18.8 Å². The number of carbonyl (C=O) groups excluding carboxylic acids is 2. The zero-order chi connectivity index (χ0) is 19.4. The summed E-state index contributed by atoms with van der Waals surface area (Å²) in [5, 5.41) is 5.00. The highest BCUT2D eigenvalue weighted by atomic mass is 19.1. The van der Waals surface area contributed by atoms with Crippen molar-refractivity contribution in [1.29, 1.82) is 0 Å². The third kappa shape index (κ3) is 2.13. The molecule has 0 atom stereocenters. The Balaban J connectivity index is 1.80. The van der Waals surface area contributed by atoms with Gasteiger partial charge in [0.25, 0.3) is 11.8 Å². The SMILES string of the molecule is Cn1nc(-c2ccccc2)c2c3c(cnc21)C(=O)N(c1ccccc1F)C3=O. The minimum atomic E-state index is -0.643. The average molecular weight is 372 g/mol. The Labute approximate surface area is 158 Å². The van der Waals surface area contributed by atoms with Crippen LogP contribution in [0.15, 0.2) is 60.8 Å². The molecule has 0 unspecified atom stereocenters. The molecule has 0 saturated carbocycles. The van der Waals surface area contributed by atoms with Crippen LogP contribution in [0.4, 0.5) is 10.1 Å². The molecule has 0 radical (unpaired) electrons. The maximum absolute atomic E-state index is 14.3. The quantitative estimate of drug-likeness (QED) is 0.505. The van der Waals surface area contributed by atoms with E-state index in [4.69, 9.17) is 0 Å². The van der Waals surface area contributed by atoms with Crippen LogP contribution in [0.25, 0.3) is 22.3 Å². The van der Waals surface area contributed by atoms with E-state index in [2.05, 4.69) is 10.1 Å². The lowest BCUT2D eigenvalue weighted by Gasteiger charge is -2.14. The number of anilines is 1. The standard InChI is InChI=1S/C21H13FN4O2/c1-25-19-17(18(24-25)12-7-3-2-4-8-12)16-13(11-23-19)20(27)26(21(16)28)15-10-6-5-9-14(15)22/h2-11H,1H3. The van der Waals surface area contributed by atoms with Crippen molar-refractivity contribution in [2.75, 3.05) is 4.90 Å². The van der Waals surface area contributed by atoms with Crippen LogP contribution < -0.4 is 4.90 Å². The first-order valence-electron chi connectivity index (χ1n) is 8.62. The number of amides is 2. The van der Waals surface area contributed by atoms with Crippen molar-refractivity contribution in [2.24, 2.45) is 7.05 Å². The highest BCUT2D eigenvalue weighted by Gasteiger charge is 2.41. The summed E-state index contributed by atoms with van der Waals surface area (Å²) in [7, 11) is 1.73. The molecule has 0 aliphatic carbocycles. The molecule has 3 heterocycles. The normalized spacial score (nSPS) is 13.4. The van der Waals surface area contributed by atoms with Crippen molar-refractivity contribution in [3.8, 4) is 11.3 Å². The van der Waals surface area contributed by atoms with Crippen molar-refractivity contribution in [3.05, 3.63) is 77.7 Å². The van der Waals surface area contributed by atoms with Gasteiger partial charge in [-0.15, -0.1) is 0 Å². The van der Waals surface area contributed by atoms with Crippen LogP contribution in [0.3, 0.4) is 0 Å². The van der Waals surface area contributed by atoms with Gasteiger partial charge >= 0.3 is 0 Å². The molecule has 5 rings (SSSR count). The lowest BCUT2D eigenvalue weighted by Crippen LogP contribution is -2.30. The van der Waals surface area contributed by atoms with Crippen LogP contribution in [0.2, 0.25) is 0 Å². The third-order valence-electron chi connectivity index (χ3n) is 4.84. The van der Waals surface area contributed by atoms with Gasteiger partial charge in [0.2, 0.25) is 0 Å². The van der Waals surface area contributed by atoms with Crippen molar-refractivity contribution in [3.63, 3.8) is 0 Å². The average Bonchev–Trinajstić information content (AvgIpc) is 3.18. The van der Waals surface area contributed by atoms with E-state index in [0.717, 1.165) is 10.5 Å². The number of hydrogen-bond donors (Lipinski definition) is 0. The van der Waals surface area contributed by atoms with Crippen LogP contribution in [0.5, 0.6) is 0 Å². The summed E-state index contributed by atoms with van der Waals surface area (Å²) in [6, 6.07) is 15.1. The Morgan fingerprint density at radius 2 is 1.64 bits per heavy atom. The summed E-state index contributed by atoms with van der Waals surface area (Å²) in [4.78, 5) is 31.4. The zero-order valence-electron chi connectivity index (χ0n) is 14.8. The number of nitrogens with zero attached hydrogens (tertiary/aromatic N) is 4. The van der Waals surface area contributed by atoms with Crippen LogP contribution in [-0.2, 0) is 7.05 Å². The van der Waals surface area contributed by atoms with Crippen LogP contribution in [0.1, 0.15) is 20.7 Å². The summed E-state index contributed by atoms with van der Waals surface area (Å²) in [6.45, 7) is 0. The summed E-state index contributed by atoms with van der Waals surface area (Å²) >= 11 is 0. The summed E-state index contributed by atoms with van der Waals surface area (Å²) in [6.07, 6.45) is 1.36. The first kappa shape index (κ1) is 16.3. The molecule has 1 aliphatic rings. The topological polar surface area (TPSA) is 68.1 Å². The zero-order valence-corrected chi connectivity index (χ0v) is 14.8. The highest BCUT2D eigenvalue weighted by Crippen LogP contribution is 2.37. The first-order valence-corrected chi connectivity index (χ1v) is 8.62. The molecule has 136 valence electrons. The maximum atomic E-state index is 14.3. The number of aromatic nitrogens is 3. The maximum Gasteiger partial charge on any atom is 0.267 e. The number of aryl methyl sites for hydroxylation is 1. The Hall–Kier alpha value is -3.87. The van der Waals surface area contributed by atoms with Gasteiger partial charge < -0.3 is 0 Å². The number of rotatable bonds is 2. The van der Waals surface area contributed by atoms with Crippen molar-refractivity contribution in [2.45, 2.75) is 0 Å². The van der Waals surface area contributed by atoms with Crippen LogP contribution in [0, 0.1) is 5.82 Å². The van der Waals surface area contributed by atoms with Gasteiger partial charge in [-0.05, 0) is 12.1 Å². The molecule has 2 aromatic heterocycles. The molecule has 6 nitrogen and oxygen atoms in total. The monoisotopic (exact) mass is 372 g/mol. The van der Waals surface area contributed by atoms with Gasteiger partial charge in [0.1, 0.15) is 11.5 Å². The Bertz CT molecular complexity index is 1280. The number of imide groups is 1. The molecule has 28 heavy (non-hydrogen) atoms. The summed E-state index contributed by atoms with van der Waals surface area (Å²) in [5.41, 5.74) is 2.10. The van der Waals surface area contributed by atoms with E-state index >= 15 is 0 Å². The van der Waals surface area contributed by atoms with E-state index in [1.54, 1.807) is 17.8 Å². The number of pyridine rings is 1. The number of fused-ring (bicyclic) bond motifs is 3. The number of benzene rings is 2. The van der Waals surface area contributed by atoms with Gasteiger partial charge in [-0.25, -0.2) is 19.0 Å². The lowest BCUT2D eigenvalue weighted by atomic mass is 10.0. The van der Waals surface area contributed by atoms with E-state index < -0.39 is 17.6 Å². The molecular weight excluding hydrogens is 359 g/mol. The van der Waals surface area contributed by atoms with Crippen LogP contribution in [-0.4, -0.2) is 26.6 Å². The Kier molecular flexibility index (Phi) is 3.39. The lowest BCUT2D eigenvalue weighted by molar-refractivity contribution is 0.0925. The second-order valence-electron chi connectivity index (χ2n) is 6.48. The summed E-state index contributed by atoms with van der Waals surface area (Å²) < 4.78 is 15.9. The molecule has 2 amide bonds. The van der Waals surface area contributed by atoms with Crippen molar-refractivity contribution in [1.82, 2.24) is 14.8 Å². The smallest absolute Gasteiger partial charge is 0.267 e. The third-order valence-corrected chi connectivity index (χ3v) is 4.84. The van der Waals surface area contributed by atoms with E-state index in [1.165, 1.54) is 24.4 Å². The van der Waals surface area contributed by atoms with Gasteiger partial charge in [0.15, 0.2) is 5.65 Å². The fourth-order valence-electron chi connectivity index (χ4n) is 3.58. The second kappa shape index (κ2) is 5.82. The van der Waals surface area contributed by atoms with Gasteiger partial charge in [-0.1, -0.05) is 42.5 Å². The fourth-order valence-corrected chi connectivity index (χ4v) is 3.58. The number of hydrogen-bond acceptors (Lipinski definition) is 4. The minimum Gasteiger partial charge on any atom is -0.268 e. The van der Waals surface area contributed by atoms with E-state index in [0.29, 0.717) is 16.7 Å². The molecule has 2 aromatic carbocycles. The van der Waals surface area contributed by atoms with Crippen molar-refractivity contribution >= 4 is 28.5 Å². The second-order valence-corrected chi connectivity index (χ2v) is 6.48. The molecule has 0 fully saturated rings. The van der Waals surface area contributed by atoms with Gasteiger partial charge in [-0.3, -0.25) is 9.59 Å². The number of halogens is 1. The van der Waals surface area contributed by atoms with Crippen molar-refractivity contribution < 1.29 is 14.0 Å². The van der Waals surface area contributed by atoms with E-state index in [1.807, 2.05) is 30.3 Å². The molecule has 1 aliphatic heterocycles. The molecule has 0 bridgehead atoms. The van der Waals surface area contributed by atoms with Crippen LogP contribution >= 0.6 is 0 Å². The number of carbonyl (C=O) groups is 2. The highest BCUT2D eigenvalue weighted by molar-refractivity contribution is 6.38. The molecule has 0 saturated heterocycles. The van der Waals surface area contributed by atoms with Gasteiger partial charge in [-0.2, -0.15) is 5.10 Å². The largest absolute Gasteiger partial charge is 0.268 e. The Morgan fingerprint density at radius 3 is 2.39 bits per heavy atom. The predicted octanol–water partition coefficient (Wildman–Crippen LogP) is 3.58. The minimum absolute atomic E-state index is 0.0769. The molecule has 0 spiro atoms. The van der Waals surface area contributed by atoms with E-state index in [9.17, 15) is 14.0 Å². The molecular formula is C21H13FN4O2. The summed E-state index contributed by atoms with van der Waals surface area (Å²) in [5.74, 6) is -1.82. The molecule has 0 N–H and O–H groups in total. The van der Waals surface area contributed by atoms with E-state index in [-0.39, 0.29) is 16.8 Å². The Morgan fingerprint density at radius 1 is 0.929 bits per heavy atom.